The average Bonchev–Trinajstić information content (AvgIpc) is 2.71. The number of nitriles is 1. The Morgan fingerprint density at radius 2 is 1.44 bits per heavy atom. The van der Waals surface area contributed by atoms with Crippen molar-refractivity contribution in [3.63, 3.8) is 0 Å². The largest absolute Gasteiger partial charge is 0.378 e. The first-order valence-corrected chi connectivity index (χ1v) is 12.0. The fraction of sp³-hybridized carbons (Fsp3) is 0.880. The third kappa shape index (κ3) is 9.79. The number of allylic oxidation sites excluding steroid dienone is 2. The van der Waals surface area contributed by atoms with Gasteiger partial charge in [-0.25, -0.2) is 0 Å². The second kappa shape index (κ2) is 14.2. The molecule has 0 N–H and O–H groups in total. The van der Waals surface area contributed by atoms with Gasteiger partial charge in [-0.3, -0.25) is 0 Å². The maximum absolute atomic E-state index is 8.53. The monoisotopic (exact) mass is 373 g/mol. The van der Waals surface area contributed by atoms with E-state index in [0.29, 0.717) is 6.10 Å². The van der Waals surface area contributed by atoms with Gasteiger partial charge >= 0.3 is 0 Å². The summed E-state index contributed by atoms with van der Waals surface area (Å²) in [4.78, 5) is 0. The molecular weight excluding hydrogens is 330 g/mol. The molecule has 2 nitrogen and oxygen atoms in total. The molecule has 0 amide bonds. The van der Waals surface area contributed by atoms with Gasteiger partial charge in [0.1, 0.15) is 0 Å². The summed E-state index contributed by atoms with van der Waals surface area (Å²) in [6.45, 7) is 3.31. The molecule has 0 atom stereocenters. The Morgan fingerprint density at radius 1 is 0.815 bits per heavy atom. The van der Waals surface area contributed by atoms with Gasteiger partial charge in [-0.2, -0.15) is 5.26 Å². The highest BCUT2D eigenvalue weighted by molar-refractivity contribution is 5.01. The van der Waals surface area contributed by atoms with Crippen LogP contribution in [0.4, 0.5) is 0 Å². The van der Waals surface area contributed by atoms with E-state index in [1.54, 1.807) is 6.08 Å². The summed E-state index contributed by atoms with van der Waals surface area (Å²) in [5.41, 5.74) is 0. The summed E-state index contributed by atoms with van der Waals surface area (Å²) >= 11 is 0. The van der Waals surface area contributed by atoms with Crippen LogP contribution in [-0.2, 0) is 4.74 Å². The highest BCUT2D eigenvalue weighted by Crippen LogP contribution is 2.34. The molecule has 0 unspecified atom stereocenters. The van der Waals surface area contributed by atoms with Crippen LogP contribution >= 0.6 is 0 Å². The molecule has 2 aliphatic carbocycles. The zero-order chi connectivity index (χ0) is 19.2. The van der Waals surface area contributed by atoms with E-state index in [1.807, 2.05) is 6.08 Å². The van der Waals surface area contributed by atoms with Crippen LogP contribution in [-0.4, -0.2) is 12.7 Å². The molecule has 0 saturated heterocycles. The van der Waals surface area contributed by atoms with E-state index >= 15 is 0 Å². The first-order valence-electron chi connectivity index (χ1n) is 12.0. The molecule has 0 aromatic rings. The fourth-order valence-corrected chi connectivity index (χ4v) is 5.05. The number of ether oxygens (including phenoxy) is 1. The van der Waals surface area contributed by atoms with Crippen molar-refractivity contribution in [2.45, 2.75) is 116 Å². The Hall–Kier alpha value is -0.810. The normalized spacial score (nSPS) is 29.0. The van der Waals surface area contributed by atoms with Gasteiger partial charge in [-0.15, -0.1) is 0 Å². The number of unbranched alkanes of at least 4 members (excludes halogenated alkanes) is 4. The molecule has 0 radical (unpaired) electrons. The smallest absolute Gasteiger partial charge is 0.0908 e. The Labute approximate surface area is 168 Å². The zero-order valence-corrected chi connectivity index (χ0v) is 17.8. The minimum Gasteiger partial charge on any atom is -0.378 e. The summed E-state index contributed by atoms with van der Waals surface area (Å²) in [7, 11) is 0. The van der Waals surface area contributed by atoms with E-state index in [0.717, 1.165) is 30.8 Å². The van der Waals surface area contributed by atoms with Crippen LogP contribution in [0.3, 0.4) is 0 Å². The Balaban J connectivity index is 1.47. The summed E-state index contributed by atoms with van der Waals surface area (Å²) in [5, 5.41) is 8.53. The van der Waals surface area contributed by atoms with Crippen LogP contribution in [0.2, 0.25) is 0 Å². The third-order valence-electron chi connectivity index (χ3n) is 6.98. The molecule has 2 rings (SSSR count). The third-order valence-corrected chi connectivity index (χ3v) is 6.98. The van der Waals surface area contributed by atoms with Gasteiger partial charge < -0.3 is 4.74 Å². The van der Waals surface area contributed by atoms with Crippen molar-refractivity contribution in [3.05, 3.63) is 12.2 Å². The van der Waals surface area contributed by atoms with Crippen LogP contribution in [0, 0.1) is 29.1 Å². The van der Waals surface area contributed by atoms with Crippen LogP contribution < -0.4 is 0 Å². The van der Waals surface area contributed by atoms with Crippen LogP contribution in [0.15, 0.2) is 12.2 Å². The predicted octanol–water partition coefficient (Wildman–Crippen LogP) is 7.59. The highest BCUT2D eigenvalue weighted by Gasteiger charge is 2.24. The second-order valence-corrected chi connectivity index (χ2v) is 9.17. The second-order valence-electron chi connectivity index (χ2n) is 9.17. The van der Waals surface area contributed by atoms with E-state index in [-0.39, 0.29) is 0 Å². The molecule has 2 fully saturated rings. The zero-order valence-electron chi connectivity index (χ0n) is 17.8. The Kier molecular flexibility index (Phi) is 11.8. The fourth-order valence-electron chi connectivity index (χ4n) is 5.05. The molecule has 27 heavy (non-hydrogen) atoms. The van der Waals surface area contributed by atoms with Crippen LogP contribution in [0.25, 0.3) is 0 Å². The minimum absolute atomic E-state index is 0.521. The number of hydrogen-bond acceptors (Lipinski definition) is 2. The van der Waals surface area contributed by atoms with Crippen molar-refractivity contribution >= 4 is 0 Å². The van der Waals surface area contributed by atoms with Gasteiger partial charge in [-0.1, -0.05) is 64.4 Å². The summed E-state index contributed by atoms with van der Waals surface area (Å²) in [5.74, 6) is 2.68. The van der Waals surface area contributed by atoms with Crippen molar-refractivity contribution in [3.8, 4) is 6.07 Å². The molecule has 0 aromatic heterocycles. The number of rotatable bonds is 12. The van der Waals surface area contributed by atoms with E-state index < -0.39 is 0 Å². The summed E-state index contributed by atoms with van der Waals surface area (Å²) in [6, 6.07) is 2.08. The molecule has 0 bridgehead atoms. The lowest BCUT2D eigenvalue weighted by Crippen LogP contribution is -2.26. The van der Waals surface area contributed by atoms with Gasteiger partial charge in [0.05, 0.1) is 12.2 Å². The van der Waals surface area contributed by atoms with Crippen molar-refractivity contribution in [1.82, 2.24) is 0 Å². The molecule has 2 aliphatic rings. The summed E-state index contributed by atoms with van der Waals surface area (Å²) < 4.78 is 6.32. The molecule has 154 valence electrons. The minimum atomic E-state index is 0.521. The Morgan fingerprint density at radius 3 is 2.15 bits per heavy atom. The maximum Gasteiger partial charge on any atom is 0.0908 e. The SMILES string of the molecule is CCCCCCC[C@H]1CC[C@H](CO[C@H]2CC[C@H](CCC=CC#N)CC2)CC1. The van der Waals surface area contributed by atoms with Gasteiger partial charge in [0.2, 0.25) is 0 Å². The van der Waals surface area contributed by atoms with E-state index in [4.69, 9.17) is 10.00 Å². The van der Waals surface area contributed by atoms with Crippen molar-refractivity contribution in [2.75, 3.05) is 6.61 Å². The molecule has 0 heterocycles. The topological polar surface area (TPSA) is 33.0 Å². The van der Waals surface area contributed by atoms with E-state index in [1.165, 1.54) is 96.3 Å². The highest BCUT2D eigenvalue weighted by atomic mass is 16.5. The standard InChI is InChI=1S/C25H43NO/c1-2-3-4-5-7-10-22-12-14-24(15-13-22)21-27-25-18-16-23(17-19-25)11-8-6-9-20-26/h6,9,22-25H,2-5,7-8,10-19,21H2,1H3/t22-,23-,24-,25-. The first-order chi connectivity index (χ1) is 13.3. The van der Waals surface area contributed by atoms with Gasteiger partial charge in [0, 0.05) is 12.7 Å². The van der Waals surface area contributed by atoms with E-state index in [2.05, 4.69) is 13.0 Å². The molecular formula is C25H43NO. The van der Waals surface area contributed by atoms with Gasteiger partial charge in [-0.05, 0) is 69.1 Å². The molecule has 2 saturated carbocycles. The average molecular weight is 374 g/mol. The predicted molar refractivity (Wildman–Crippen MR) is 115 cm³/mol. The van der Waals surface area contributed by atoms with Crippen LogP contribution in [0.1, 0.15) is 110 Å². The molecule has 0 aromatic carbocycles. The lowest BCUT2D eigenvalue weighted by Gasteiger charge is -2.32. The van der Waals surface area contributed by atoms with Crippen molar-refractivity contribution in [1.29, 1.82) is 5.26 Å². The quantitative estimate of drug-likeness (QED) is 0.261. The maximum atomic E-state index is 8.53. The number of hydrogen-bond donors (Lipinski definition) is 0. The number of nitrogens with zero attached hydrogens (tertiary/aromatic N) is 1. The van der Waals surface area contributed by atoms with Crippen molar-refractivity contribution in [2.24, 2.45) is 17.8 Å². The van der Waals surface area contributed by atoms with E-state index in [9.17, 15) is 0 Å². The van der Waals surface area contributed by atoms with Gasteiger partial charge in [0.25, 0.3) is 0 Å². The molecule has 2 heteroatoms. The van der Waals surface area contributed by atoms with Crippen molar-refractivity contribution < 1.29 is 4.74 Å². The summed E-state index contributed by atoms with van der Waals surface area (Å²) in [6.07, 6.45) is 25.9. The lowest BCUT2D eigenvalue weighted by atomic mass is 9.80. The molecule has 0 aliphatic heterocycles. The van der Waals surface area contributed by atoms with Crippen LogP contribution in [0.5, 0.6) is 0 Å². The first kappa shape index (κ1) is 22.5. The lowest BCUT2D eigenvalue weighted by molar-refractivity contribution is -0.0102. The molecule has 0 spiro atoms. The van der Waals surface area contributed by atoms with Gasteiger partial charge in [0.15, 0.2) is 0 Å². The Bertz CT molecular complexity index is 422.